The standard InChI is InChI=1S/C17H16N2O2S/c1-3-14(17(20)21)22-16-13(10-18)9-11(2)15(19-16)12-7-5-4-6-8-12/h4-9,14H,3H2,1-2H3,(H,20,21). The number of pyridine rings is 1. The number of carboxylic acid groups (broad SMARTS) is 1. The maximum atomic E-state index is 11.2. The fraction of sp³-hybridized carbons (Fsp3) is 0.235. The second-order valence-electron chi connectivity index (χ2n) is 4.84. The first-order valence-electron chi connectivity index (χ1n) is 6.93. The number of rotatable bonds is 5. The van der Waals surface area contributed by atoms with E-state index >= 15 is 0 Å². The summed E-state index contributed by atoms with van der Waals surface area (Å²) in [6.45, 7) is 3.71. The molecule has 1 aromatic heterocycles. The highest BCUT2D eigenvalue weighted by Crippen LogP contribution is 2.31. The van der Waals surface area contributed by atoms with Gasteiger partial charge in [-0.05, 0) is 25.0 Å². The molecule has 4 nitrogen and oxygen atoms in total. The first kappa shape index (κ1) is 16.1. The van der Waals surface area contributed by atoms with Crippen LogP contribution in [0.15, 0.2) is 41.4 Å². The third kappa shape index (κ3) is 3.46. The highest BCUT2D eigenvalue weighted by Gasteiger charge is 2.20. The number of nitriles is 1. The van der Waals surface area contributed by atoms with Crippen LogP contribution in [-0.2, 0) is 4.79 Å². The molecule has 1 aromatic carbocycles. The molecule has 22 heavy (non-hydrogen) atoms. The molecule has 0 saturated carbocycles. The lowest BCUT2D eigenvalue weighted by Crippen LogP contribution is -2.15. The summed E-state index contributed by atoms with van der Waals surface area (Å²) in [5, 5.41) is 18.4. The lowest BCUT2D eigenvalue weighted by molar-refractivity contribution is -0.136. The molecule has 0 fully saturated rings. The number of carboxylic acids is 1. The lowest BCUT2D eigenvalue weighted by atomic mass is 10.1. The Morgan fingerprint density at radius 1 is 1.41 bits per heavy atom. The second-order valence-corrected chi connectivity index (χ2v) is 6.03. The molecule has 1 unspecified atom stereocenters. The van der Waals surface area contributed by atoms with Crippen LogP contribution in [0.3, 0.4) is 0 Å². The fourth-order valence-corrected chi connectivity index (χ4v) is 3.01. The van der Waals surface area contributed by atoms with Gasteiger partial charge < -0.3 is 5.11 Å². The molecule has 0 saturated heterocycles. The molecule has 2 rings (SSSR count). The summed E-state index contributed by atoms with van der Waals surface area (Å²) in [5.41, 5.74) is 3.05. The van der Waals surface area contributed by atoms with E-state index in [2.05, 4.69) is 11.1 Å². The Morgan fingerprint density at radius 2 is 2.09 bits per heavy atom. The first-order chi connectivity index (χ1) is 10.6. The molecule has 0 aliphatic heterocycles. The monoisotopic (exact) mass is 312 g/mol. The Labute approximate surface area is 133 Å². The van der Waals surface area contributed by atoms with E-state index in [9.17, 15) is 15.2 Å². The maximum Gasteiger partial charge on any atom is 0.317 e. The topological polar surface area (TPSA) is 74.0 Å². The third-order valence-electron chi connectivity index (χ3n) is 3.25. The Morgan fingerprint density at radius 3 is 2.64 bits per heavy atom. The molecule has 0 aliphatic carbocycles. The van der Waals surface area contributed by atoms with Crippen LogP contribution in [0.1, 0.15) is 24.5 Å². The number of nitrogens with zero attached hydrogens (tertiary/aromatic N) is 2. The van der Waals surface area contributed by atoms with E-state index in [-0.39, 0.29) is 0 Å². The zero-order chi connectivity index (χ0) is 16.1. The molecule has 2 aromatic rings. The summed E-state index contributed by atoms with van der Waals surface area (Å²) < 4.78 is 0. The van der Waals surface area contributed by atoms with Gasteiger partial charge in [-0.3, -0.25) is 4.79 Å². The van der Waals surface area contributed by atoms with Gasteiger partial charge in [0.05, 0.1) is 11.3 Å². The minimum atomic E-state index is -0.889. The normalized spacial score (nSPS) is 11.7. The molecule has 0 amide bonds. The molecule has 0 radical (unpaired) electrons. The minimum Gasteiger partial charge on any atom is -0.480 e. The number of hydrogen-bond acceptors (Lipinski definition) is 4. The predicted molar refractivity (Wildman–Crippen MR) is 86.7 cm³/mol. The molecule has 0 bridgehead atoms. The van der Waals surface area contributed by atoms with Gasteiger partial charge in [-0.2, -0.15) is 5.26 Å². The molecular weight excluding hydrogens is 296 g/mol. The van der Waals surface area contributed by atoms with E-state index in [1.165, 1.54) is 0 Å². The highest BCUT2D eigenvalue weighted by atomic mass is 32.2. The van der Waals surface area contributed by atoms with E-state index < -0.39 is 11.2 Å². The molecular formula is C17H16N2O2S. The molecule has 1 atom stereocenters. The molecule has 0 spiro atoms. The molecule has 112 valence electrons. The van der Waals surface area contributed by atoms with Gasteiger partial charge >= 0.3 is 5.97 Å². The highest BCUT2D eigenvalue weighted by molar-refractivity contribution is 8.00. The van der Waals surface area contributed by atoms with Crippen molar-refractivity contribution in [3.8, 4) is 17.3 Å². The van der Waals surface area contributed by atoms with Crippen LogP contribution in [0.5, 0.6) is 0 Å². The first-order valence-corrected chi connectivity index (χ1v) is 7.81. The lowest BCUT2D eigenvalue weighted by Gasteiger charge is -2.13. The van der Waals surface area contributed by atoms with Gasteiger partial charge in [0, 0.05) is 5.56 Å². The van der Waals surface area contributed by atoms with Gasteiger partial charge in [0.1, 0.15) is 16.3 Å². The van der Waals surface area contributed by atoms with Crippen molar-refractivity contribution in [3.63, 3.8) is 0 Å². The van der Waals surface area contributed by atoms with Crippen molar-refractivity contribution < 1.29 is 9.90 Å². The Balaban J connectivity index is 2.49. The number of aliphatic carboxylic acids is 1. The number of carbonyl (C=O) groups is 1. The largest absolute Gasteiger partial charge is 0.480 e. The molecule has 0 aliphatic rings. The number of thioether (sulfide) groups is 1. The van der Waals surface area contributed by atoms with E-state index in [1.54, 1.807) is 6.07 Å². The van der Waals surface area contributed by atoms with Crippen LogP contribution in [-0.4, -0.2) is 21.3 Å². The van der Waals surface area contributed by atoms with Gasteiger partial charge in [-0.1, -0.05) is 49.0 Å². The van der Waals surface area contributed by atoms with Crippen LogP contribution in [0.25, 0.3) is 11.3 Å². The summed E-state index contributed by atoms with van der Waals surface area (Å²) in [6.07, 6.45) is 0.473. The Kier molecular flexibility index (Phi) is 5.18. The van der Waals surface area contributed by atoms with Gasteiger partial charge in [0.2, 0.25) is 0 Å². The van der Waals surface area contributed by atoms with Crippen LogP contribution in [0, 0.1) is 18.3 Å². The van der Waals surface area contributed by atoms with E-state index in [1.807, 2.05) is 44.2 Å². The average Bonchev–Trinajstić information content (AvgIpc) is 2.53. The predicted octanol–water partition coefficient (Wildman–Crippen LogP) is 3.88. The van der Waals surface area contributed by atoms with Crippen molar-refractivity contribution in [3.05, 3.63) is 47.5 Å². The average molecular weight is 312 g/mol. The van der Waals surface area contributed by atoms with Crippen LogP contribution < -0.4 is 0 Å². The van der Waals surface area contributed by atoms with Crippen LogP contribution >= 0.6 is 11.8 Å². The summed E-state index contributed by atoms with van der Waals surface area (Å²) in [4.78, 5) is 15.8. The van der Waals surface area contributed by atoms with Crippen molar-refractivity contribution >= 4 is 17.7 Å². The summed E-state index contributed by atoms with van der Waals surface area (Å²) in [5.74, 6) is -0.889. The number of benzene rings is 1. The summed E-state index contributed by atoms with van der Waals surface area (Å²) in [6, 6.07) is 13.5. The SMILES string of the molecule is CCC(Sc1nc(-c2ccccc2)c(C)cc1C#N)C(=O)O. The van der Waals surface area contributed by atoms with E-state index in [0.717, 1.165) is 28.6 Å². The van der Waals surface area contributed by atoms with Gasteiger partial charge in [0.15, 0.2) is 0 Å². The van der Waals surface area contributed by atoms with Crippen molar-refractivity contribution in [2.75, 3.05) is 0 Å². The van der Waals surface area contributed by atoms with Crippen molar-refractivity contribution in [1.82, 2.24) is 4.98 Å². The minimum absolute atomic E-state index is 0.418. The zero-order valence-corrected chi connectivity index (χ0v) is 13.2. The van der Waals surface area contributed by atoms with Gasteiger partial charge in [-0.25, -0.2) is 4.98 Å². The van der Waals surface area contributed by atoms with Crippen molar-refractivity contribution in [2.45, 2.75) is 30.5 Å². The van der Waals surface area contributed by atoms with E-state index in [4.69, 9.17) is 0 Å². The van der Waals surface area contributed by atoms with Crippen molar-refractivity contribution in [1.29, 1.82) is 5.26 Å². The fourth-order valence-electron chi connectivity index (χ4n) is 2.10. The quantitative estimate of drug-likeness (QED) is 0.848. The number of hydrogen-bond donors (Lipinski definition) is 1. The molecule has 5 heteroatoms. The molecule has 1 heterocycles. The summed E-state index contributed by atoms with van der Waals surface area (Å²) in [7, 11) is 0. The van der Waals surface area contributed by atoms with E-state index in [0.29, 0.717) is 17.0 Å². The Hall–Kier alpha value is -2.32. The third-order valence-corrected chi connectivity index (χ3v) is 4.60. The van der Waals surface area contributed by atoms with Gasteiger partial charge in [0.25, 0.3) is 0 Å². The zero-order valence-electron chi connectivity index (χ0n) is 12.4. The van der Waals surface area contributed by atoms with Crippen molar-refractivity contribution in [2.24, 2.45) is 0 Å². The summed E-state index contributed by atoms with van der Waals surface area (Å²) >= 11 is 1.13. The number of aromatic nitrogens is 1. The second kappa shape index (κ2) is 7.10. The Bertz CT molecular complexity index is 723. The van der Waals surface area contributed by atoms with Gasteiger partial charge in [-0.15, -0.1) is 0 Å². The molecule has 1 N–H and O–H groups in total. The van der Waals surface area contributed by atoms with Crippen LogP contribution in [0.2, 0.25) is 0 Å². The maximum absolute atomic E-state index is 11.2. The van der Waals surface area contributed by atoms with Crippen LogP contribution in [0.4, 0.5) is 0 Å². The smallest absolute Gasteiger partial charge is 0.317 e. The number of aryl methyl sites for hydroxylation is 1.